The quantitative estimate of drug-likeness (QED) is 0.730. The Kier molecular flexibility index (Phi) is 5.39. The predicted octanol–water partition coefficient (Wildman–Crippen LogP) is 5.57. The van der Waals surface area contributed by atoms with Gasteiger partial charge in [0.15, 0.2) is 0 Å². The lowest BCUT2D eigenvalue weighted by Gasteiger charge is -2.48. The molecule has 1 aromatic carbocycles. The van der Waals surface area contributed by atoms with Gasteiger partial charge in [-0.05, 0) is 42.9 Å². The van der Waals surface area contributed by atoms with Crippen molar-refractivity contribution in [1.82, 2.24) is 0 Å². The Bertz CT molecular complexity index is 450. The van der Waals surface area contributed by atoms with Gasteiger partial charge >= 0.3 is 0 Å². The van der Waals surface area contributed by atoms with Gasteiger partial charge in [0.1, 0.15) is 0 Å². The third-order valence-electron chi connectivity index (χ3n) is 5.19. The first-order valence-electron chi connectivity index (χ1n) is 7.74. The van der Waals surface area contributed by atoms with Gasteiger partial charge in [-0.1, -0.05) is 62.4 Å². The van der Waals surface area contributed by atoms with E-state index in [1.807, 2.05) is 12.1 Å². The summed E-state index contributed by atoms with van der Waals surface area (Å²) in [6.45, 7) is 4.51. The number of benzene rings is 1. The monoisotopic (exact) mass is 313 g/mol. The molecule has 0 saturated heterocycles. The van der Waals surface area contributed by atoms with Gasteiger partial charge in [0.2, 0.25) is 0 Å². The van der Waals surface area contributed by atoms with Crippen molar-refractivity contribution < 1.29 is 0 Å². The van der Waals surface area contributed by atoms with Gasteiger partial charge < -0.3 is 5.73 Å². The van der Waals surface area contributed by atoms with E-state index in [1.54, 1.807) is 0 Å². The van der Waals surface area contributed by atoms with Crippen LogP contribution in [0, 0.1) is 5.92 Å². The van der Waals surface area contributed by atoms with Crippen molar-refractivity contribution in [1.29, 1.82) is 0 Å². The van der Waals surface area contributed by atoms with Gasteiger partial charge in [0, 0.05) is 11.5 Å². The van der Waals surface area contributed by atoms with Gasteiger partial charge in [0.05, 0.1) is 10.0 Å². The molecule has 20 heavy (non-hydrogen) atoms. The van der Waals surface area contributed by atoms with E-state index in [9.17, 15) is 0 Å². The Hall–Kier alpha value is -0.240. The molecule has 0 radical (unpaired) electrons. The zero-order valence-electron chi connectivity index (χ0n) is 12.5. The lowest BCUT2D eigenvalue weighted by atomic mass is 9.59. The number of hydrogen-bond donors (Lipinski definition) is 1. The summed E-state index contributed by atoms with van der Waals surface area (Å²) in [5, 5.41) is 1.27. The number of rotatable bonds is 6. The van der Waals surface area contributed by atoms with Crippen molar-refractivity contribution >= 4 is 23.2 Å². The molecule has 0 aromatic heterocycles. The van der Waals surface area contributed by atoms with Crippen LogP contribution in [0.5, 0.6) is 0 Å². The van der Waals surface area contributed by atoms with Gasteiger partial charge in [-0.3, -0.25) is 0 Å². The number of hydrogen-bond acceptors (Lipinski definition) is 1. The van der Waals surface area contributed by atoms with E-state index in [2.05, 4.69) is 19.9 Å². The second kappa shape index (κ2) is 6.68. The molecule has 0 heterocycles. The Labute approximate surface area is 132 Å². The van der Waals surface area contributed by atoms with Crippen LogP contribution in [-0.4, -0.2) is 6.04 Å². The molecule has 3 heteroatoms. The zero-order valence-corrected chi connectivity index (χ0v) is 14.0. The molecule has 0 bridgehead atoms. The fraction of sp³-hybridized carbons (Fsp3) is 0.647. The second-order valence-corrected chi connectivity index (χ2v) is 6.98. The van der Waals surface area contributed by atoms with E-state index in [0.29, 0.717) is 10.0 Å². The molecule has 1 fully saturated rings. The van der Waals surface area contributed by atoms with E-state index in [4.69, 9.17) is 28.9 Å². The molecule has 112 valence electrons. The highest BCUT2D eigenvalue weighted by Crippen LogP contribution is 2.48. The lowest BCUT2D eigenvalue weighted by molar-refractivity contribution is 0.171. The standard InChI is InChI=1S/C17H25Cl2N/c1-3-12(4-2)10-16(20)17(8-5-9-17)13-6-7-14(18)15(19)11-13/h6-7,11-12,16H,3-5,8-10,20H2,1-2H3. The van der Waals surface area contributed by atoms with Crippen molar-refractivity contribution in [3.8, 4) is 0 Å². The second-order valence-electron chi connectivity index (χ2n) is 6.16. The Morgan fingerprint density at radius 1 is 1.15 bits per heavy atom. The molecule has 0 amide bonds. The predicted molar refractivity (Wildman–Crippen MR) is 88.7 cm³/mol. The van der Waals surface area contributed by atoms with E-state index < -0.39 is 0 Å². The van der Waals surface area contributed by atoms with Gasteiger partial charge in [0.25, 0.3) is 0 Å². The first-order chi connectivity index (χ1) is 9.53. The summed E-state index contributed by atoms with van der Waals surface area (Å²) in [5.41, 5.74) is 8.01. The molecular weight excluding hydrogens is 289 g/mol. The molecule has 1 nitrogen and oxygen atoms in total. The highest BCUT2D eigenvalue weighted by molar-refractivity contribution is 6.42. The van der Waals surface area contributed by atoms with Crippen molar-refractivity contribution in [3.63, 3.8) is 0 Å². The molecular formula is C17H25Cl2N. The van der Waals surface area contributed by atoms with Crippen molar-refractivity contribution in [2.45, 2.75) is 63.8 Å². The van der Waals surface area contributed by atoms with Crippen LogP contribution in [0.15, 0.2) is 18.2 Å². The van der Waals surface area contributed by atoms with E-state index in [1.165, 1.54) is 37.7 Å². The van der Waals surface area contributed by atoms with Crippen LogP contribution in [0.25, 0.3) is 0 Å². The summed E-state index contributed by atoms with van der Waals surface area (Å²) in [4.78, 5) is 0. The van der Waals surface area contributed by atoms with Gasteiger partial charge in [-0.2, -0.15) is 0 Å². The summed E-state index contributed by atoms with van der Waals surface area (Å²) in [5.74, 6) is 0.727. The fourth-order valence-corrected chi connectivity index (χ4v) is 3.74. The maximum absolute atomic E-state index is 6.61. The molecule has 1 aliphatic rings. The highest BCUT2D eigenvalue weighted by atomic mass is 35.5. The minimum atomic E-state index is 0.122. The Morgan fingerprint density at radius 3 is 2.25 bits per heavy atom. The first kappa shape index (κ1) is 16.1. The molecule has 1 aliphatic carbocycles. The van der Waals surface area contributed by atoms with E-state index in [-0.39, 0.29) is 11.5 Å². The minimum absolute atomic E-state index is 0.122. The SMILES string of the molecule is CCC(CC)CC(N)C1(c2ccc(Cl)c(Cl)c2)CCC1. The van der Waals surface area contributed by atoms with Crippen molar-refractivity contribution in [2.24, 2.45) is 11.7 Å². The van der Waals surface area contributed by atoms with Crippen molar-refractivity contribution in [3.05, 3.63) is 33.8 Å². The van der Waals surface area contributed by atoms with Crippen LogP contribution in [0.2, 0.25) is 10.0 Å². The van der Waals surface area contributed by atoms with Crippen LogP contribution >= 0.6 is 23.2 Å². The van der Waals surface area contributed by atoms with Crippen LogP contribution in [0.3, 0.4) is 0 Å². The number of halogens is 2. The maximum atomic E-state index is 6.61. The number of nitrogens with two attached hydrogens (primary N) is 1. The van der Waals surface area contributed by atoms with Crippen LogP contribution in [-0.2, 0) is 5.41 Å². The van der Waals surface area contributed by atoms with Gasteiger partial charge in [-0.15, -0.1) is 0 Å². The topological polar surface area (TPSA) is 26.0 Å². The van der Waals surface area contributed by atoms with Gasteiger partial charge in [-0.25, -0.2) is 0 Å². The van der Waals surface area contributed by atoms with Crippen LogP contribution in [0.1, 0.15) is 57.9 Å². The fourth-order valence-electron chi connectivity index (χ4n) is 3.44. The van der Waals surface area contributed by atoms with Crippen LogP contribution in [0.4, 0.5) is 0 Å². The lowest BCUT2D eigenvalue weighted by Crippen LogP contribution is -2.51. The molecule has 1 atom stereocenters. The summed E-state index contributed by atoms with van der Waals surface area (Å²) in [7, 11) is 0. The minimum Gasteiger partial charge on any atom is -0.327 e. The normalized spacial score (nSPS) is 18.9. The average Bonchev–Trinajstić information content (AvgIpc) is 2.38. The molecule has 0 spiro atoms. The summed E-state index contributed by atoms with van der Waals surface area (Å²) < 4.78 is 0. The Morgan fingerprint density at radius 2 is 1.80 bits per heavy atom. The molecule has 1 saturated carbocycles. The highest BCUT2D eigenvalue weighted by Gasteiger charge is 2.44. The third kappa shape index (κ3) is 3.00. The van der Waals surface area contributed by atoms with E-state index in [0.717, 1.165) is 12.3 Å². The summed E-state index contributed by atoms with van der Waals surface area (Å²) in [6.07, 6.45) is 7.13. The average molecular weight is 314 g/mol. The molecule has 1 aromatic rings. The third-order valence-corrected chi connectivity index (χ3v) is 5.93. The maximum Gasteiger partial charge on any atom is 0.0595 e. The van der Waals surface area contributed by atoms with Crippen LogP contribution < -0.4 is 5.73 Å². The summed E-state index contributed by atoms with van der Waals surface area (Å²) >= 11 is 12.2. The Balaban J connectivity index is 2.22. The van der Waals surface area contributed by atoms with Crippen molar-refractivity contribution in [2.75, 3.05) is 0 Å². The molecule has 1 unspecified atom stereocenters. The summed E-state index contributed by atoms with van der Waals surface area (Å²) in [6, 6.07) is 6.26. The molecule has 0 aliphatic heterocycles. The first-order valence-corrected chi connectivity index (χ1v) is 8.50. The molecule has 2 rings (SSSR count). The smallest absolute Gasteiger partial charge is 0.0595 e. The zero-order chi connectivity index (χ0) is 14.8. The largest absolute Gasteiger partial charge is 0.327 e. The molecule has 2 N–H and O–H groups in total. The van der Waals surface area contributed by atoms with E-state index >= 15 is 0 Å².